The van der Waals surface area contributed by atoms with Crippen LogP contribution in [-0.2, 0) is 10.0 Å². The lowest BCUT2D eigenvalue weighted by atomic mass is 10.1. The van der Waals surface area contributed by atoms with E-state index in [0.717, 1.165) is 6.42 Å². The molecule has 1 aromatic carbocycles. The molecule has 0 aliphatic carbocycles. The van der Waals surface area contributed by atoms with Crippen molar-refractivity contribution >= 4 is 10.0 Å². The molecule has 1 heterocycles. The molecular weight excluding hydrogens is 250 g/mol. The van der Waals surface area contributed by atoms with Gasteiger partial charge in [-0.15, -0.1) is 0 Å². The Morgan fingerprint density at radius 1 is 1.39 bits per heavy atom. The van der Waals surface area contributed by atoms with Crippen molar-refractivity contribution in [3.63, 3.8) is 0 Å². The van der Waals surface area contributed by atoms with Crippen LogP contribution in [0.15, 0.2) is 29.2 Å². The molecule has 18 heavy (non-hydrogen) atoms. The topological polar surface area (TPSA) is 87.2 Å². The molecule has 6 heteroatoms. The van der Waals surface area contributed by atoms with E-state index in [1.807, 2.05) is 6.07 Å². The first-order chi connectivity index (χ1) is 8.57. The Kier molecular flexibility index (Phi) is 3.66. The summed E-state index contributed by atoms with van der Waals surface area (Å²) in [7, 11) is -3.44. The highest BCUT2D eigenvalue weighted by Gasteiger charge is 2.31. The molecule has 0 amide bonds. The van der Waals surface area contributed by atoms with E-state index in [1.165, 1.54) is 28.6 Å². The maximum absolute atomic E-state index is 12.3. The van der Waals surface area contributed by atoms with Crippen molar-refractivity contribution in [1.82, 2.24) is 4.31 Å². The number of hydrogen-bond donors (Lipinski definition) is 1. The van der Waals surface area contributed by atoms with E-state index >= 15 is 0 Å². The van der Waals surface area contributed by atoms with Gasteiger partial charge in [-0.05, 0) is 43.1 Å². The molecule has 96 valence electrons. The predicted octanol–water partition coefficient (Wildman–Crippen LogP) is 0.528. The number of nitriles is 1. The average Bonchev–Trinajstić information content (AvgIpc) is 2.88. The van der Waals surface area contributed by atoms with Gasteiger partial charge in [0.1, 0.15) is 0 Å². The second-order valence-corrected chi connectivity index (χ2v) is 6.33. The lowest BCUT2D eigenvalue weighted by Crippen LogP contribution is -2.30. The molecule has 0 saturated carbocycles. The third-order valence-electron chi connectivity index (χ3n) is 3.20. The van der Waals surface area contributed by atoms with Gasteiger partial charge in [-0.3, -0.25) is 0 Å². The van der Waals surface area contributed by atoms with E-state index in [-0.39, 0.29) is 10.8 Å². The molecule has 2 rings (SSSR count). The van der Waals surface area contributed by atoms with Gasteiger partial charge in [0, 0.05) is 13.1 Å². The zero-order chi connectivity index (χ0) is 13.2. The van der Waals surface area contributed by atoms with Crippen molar-refractivity contribution in [2.75, 3.05) is 19.6 Å². The van der Waals surface area contributed by atoms with Crippen LogP contribution < -0.4 is 5.73 Å². The Bertz CT molecular complexity index is 560. The Hall–Kier alpha value is -1.42. The van der Waals surface area contributed by atoms with Gasteiger partial charge >= 0.3 is 0 Å². The molecule has 1 aromatic rings. The fourth-order valence-electron chi connectivity index (χ4n) is 2.06. The smallest absolute Gasteiger partial charge is 0.243 e. The summed E-state index contributed by atoms with van der Waals surface area (Å²) in [5.41, 5.74) is 6.01. The summed E-state index contributed by atoms with van der Waals surface area (Å²) < 4.78 is 26.1. The van der Waals surface area contributed by atoms with Crippen LogP contribution in [0, 0.1) is 17.2 Å². The number of nitrogens with two attached hydrogens (primary N) is 1. The number of benzene rings is 1. The van der Waals surface area contributed by atoms with Crippen molar-refractivity contribution in [2.45, 2.75) is 11.3 Å². The summed E-state index contributed by atoms with van der Waals surface area (Å²) in [5.74, 6) is 0.248. The summed E-state index contributed by atoms with van der Waals surface area (Å²) in [5, 5.41) is 8.69. The van der Waals surface area contributed by atoms with Crippen molar-refractivity contribution in [3.8, 4) is 6.07 Å². The van der Waals surface area contributed by atoms with E-state index in [2.05, 4.69) is 0 Å². The molecule has 0 bridgehead atoms. The number of hydrogen-bond acceptors (Lipinski definition) is 4. The van der Waals surface area contributed by atoms with Crippen molar-refractivity contribution < 1.29 is 8.42 Å². The lowest BCUT2D eigenvalue weighted by Gasteiger charge is -2.16. The summed E-state index contributed by atoms with van der Waals surface area (Å²) in [6, 6.07) is 7.95. The van der Waals surface area contributed by atoms with Gasteiger partial charge in [0.05, 0.1) is 16.5 Å². The van der Waals surface area contributed by atoms with Crippen LogP contribution in [-0.4, -0.2) is 32.4 Å². The standard InChI is InChI=1S/C12H15N3O2S/c13-7-10-1-3-12(4-2-10)18(16,17)15-6-5-11(8-14)9-15/h1-4,11H,5-6,8-9,14H2/t11-/m0/s1. The fourth-order valence-corrected chi connectivity index (χ4v) is 3.59. The highest BCUT2D eigenvalue weighted by atomic mass is 32.2. The van der Waals surface area contributed by atoms with Crippen molar-refractivity contribution in [1.29, 1.82) is 5.26 Å². The zero-order valence-electron chi connectivity index (χ0n) is 9.91. The van der Waals surface area contributed by atoms with E-state index in [4.69, 9.17) is 11.0 Å². The molecule has 0 radical (unpaired) electrons. The van der Waals surface area contributed by atoms with Crippen LogP contribution >= 0.6 is 0 Å². The Morgan fingerprint density at radius 2 is 2.06 bits per heavy atom. The van der Waals surface area contributed by atoms with Gasteiger partial charge in [-0.25, -0.2) is 8.42 Å². The first kappa shape index (κ1) is 13.0. The minimum atomic E-state index is -3.44. The molecule has 1 atom stereocenters. The lowest BCUT2D eigenvalue weighted by molar-refractivity contribution is 0.459. The van der Waals surface area contributed by atoms with Gasteiger partial charge in [0.2, 0.25) is 10.0 Å². The maximum Gasteiger partial charge on any atom is 0.243 e. The molecule has 1 fully saturated rings. The van der Waals surface area contributed by atoms with E-state index in [9.17, 15) is 8.42 Å². The van der Waals surface area contributed by atoms with Gasteiger partial charge in [0.15, 0.2) is 0 Å². The number of nitrogens with zero attached hydrogens (tertiary/aromatic N) is 2. The molecular formula is C12H15N3O2S. The van der Waals surface area contributed by atoms with E-state index in [1.54, 1.807) is 0 Å². The van der Waals surface area contributed by atoms with Gasteiger partial charge in [-0.2, -0.15) is 9.57 Å². The molecule has 0 spiro atoms. The quantitative estimate of drug-likeness (QED) is 0.863. The molecule has 1 aliphatic rings. The summed E-state index contributed by atoms with van der Waals surface area (Å²) in [6.45, 7) is 1.52. The van der Waals surface area contributed by atoms with Crippen LogP contribution in [0.2, 0.25) is 0 Å². The Labute approximate surface area is 107 Å². The van der Waals surface area contributed by atoms with Crippen molar-refractivity contribution in [2.24, 2.45) is 11.7 Å². The predicted molar refractivity (Wildman–Crippen MR) is 67.1 cm³/mol. The molecule has 0 unspecified atom stereocenters. The van der Waals surface area contributed by atoms with Gasteiger partial charge in [0.25, 0.3) is 0 Å². The summed E-state index contributed by atoms with van der Waals surface area (Å²) >= 11 is 0. The van der Waals surface area contributed by atoms with Crippen LogP contribution in [0.1, 0.15) is 12.0 Å². The third-order valence-corrected chi connectivity index (χ3v) is 5.08. The Morgan fingerprint density at radius 3 is 2.56 bits per heavy atom. The molecule has 0 aromatic heterocycles. The second-order valence-electron chi connectivity index (χ2n) is 4.39. The van der Waals surface area contributed by atoms with Gasteiger partial charge in [-0.1, -0.05) is 0 Å². The van der Waals surface area contributed by atoms with E-state index in [0.29, 0.717) is 25.2 Å². The SMILES string of the molecule is N#Cc1ccc(S(=O)(=O)N2CC[C@@H](CN)C2)cc1. The zero-order valence-corrected chi connectivity index (χ0v) is 10.7. The Balaban J connectivity index is 2.23. The summed E-state index contributed by atoms with van der Waals surface area (Å²) in [6.07, 6.45) is 0.812. The summed E-state index contributed by atoms with van der Waals surface area (Å²) in [4.78, 5) is 0.235. The maximum atomic E-state index is 12.3. The van der Waals surface area contributed by atoms with Crippen LogP contribution in [0.25, 0.3) is 0 Å². The molecule has 1 aliphatic heterocycles. The van der Waals surface area contributed by atoms with E-state index < -0.39 is 10.0 Å². The van der Waals surface area contributed by atoms with Gasteiger partial charge < -0.3 is 5.73 Å². The second kappa shape index (κ2) is 5.06. The average molecular weight is 265 g/mol. The minimum absolute atomic E-state index is 0.235. The largest absolute Gasteiger partial charge is 0.330 e. The highest BCUT2D eigenvalue weighted by Crippen LogP contribution is 2.23. The first-order valence-electron chi connectivity index (χ1n) is 5.78. The number of rotatable bonds is 3. The third kappa shape index (κ3) is 2.38. The molecule has 2 N–H and O–H groups in total. The molecule has 1 saturated heterocycles. The highest BCUT2D eigenvalue weighted by molar-refractivity contribution is 7.89. The normalized spacial score (nSPS) is 20.8. The van der Waals surface area contributed by atoms with Crippen LogP contribution in [0.5, 0.6) is 0 Å². The number of sulfonamides is 1. The molecule has 5 nitrogen and oxygen atoms in total. The fraction of sp³-hybridized carbons (Fsp3) is 0.417. The monoisotopic (exact) mass is 265 g/mol. The van der Waals surface area contributed by atoms with Crippen LogP contribution in [0.4, 0.5) is 0 Å². The minimum Gasteiger partial charge on any atom is -0.330 e. The van der Waals surface area contributed by atoms with Crippen LogP contribution in [0.3, 0.4) is 0 Å². The van der Waals surface area contributed by atoms with Crippen molar-refractivity contribution in [3.05, 3.63) is 29.8 Å². The first-order valence-corrected chi connectivity index (χ1v) is 7.22.